The van der Waals surface area contributed by atoms with Crippen LogP contribution in [-0.2, 0) is 13.6 Å². The molecule has 2 rings (SSSR count). The standard InChI is InChI=1S/C10H16ClN3/c1-7-3-9(4-7)12-5-8-6-13-14(2)10(8)11/h6-7,9,12H,3-5H2,1-2H3. The molecule has 4 heteroatoms. The largest absolute Gasteiger partial charge is 0.310 e. The number of nitrogens with one attached hydrogen (secondary N) is 1. The predicted octanol–water partition coefficient (Wildman–Crippen LogP) is 1.96. The average Bonchev–Trinajstić information content (AvgIpc) is 2.41. The maximum atomic E-state index is 6.04. The van der Waals surface area contributed by atoms with Crippen LogP contribution in [0, 0.1) is 5.92 Å². The summed E-state index contributed by atoms with van der Waals surface area (Å²) in [6, 6.07) is 0.682. The summed E-state index contributed by atoms with van der Waals surface area (Å²) in [5.41, 5.74) is 1.09. The molecule has 1 aliphatic rings. The van der Waals surface area contributed by atoms with Gasteiger partial charge in [0.25, 0.3) is 0 Å². The van der Waals surface area contributed by atoms with Gasteiger partial charge in [0.2, 0.25) is 0 Å². The van der Waals surface area contributed by atoms with Crippen molar-refractivity contribution >= 4 is 11.6 Å². The highest BCUT2D eigenvalue weighted by Crippen LogP contribution is 2.26. The summed E-state index contributed by atoms with van der Waals surface area (Å²) < 4.78 is 1.70. The van der Waals surface area contributed by atoms with Gasteiger partial charge in [-0.1, -0.05) is 18.5 Å². The summed E-state index contributed by atoms with van der Waals surface area (Å²) >= 11 is 6.04. The predicted molar refractivity (Wildman–Crippen MR) is 57.2 cm³/mol. The Balaban J connectivity index is 1.83. The van der Waals surface area contributed by atoms with Gasteiger partial charge in [0, 0.05) is 25.2 Å². The minimum absolute atomic E-state index is 0.682. The van der Waals surface area contributed by atoms with Crippen molar-refractivity contribution in [3.63, 3.8) is 0 Å². The zero-order valence-electron chi connectivity index (χ0n) is 8.63. The van der Waals surface area contributed by atoms with Crippen LogP contribution in [0.15, 0.2) is 6.20 Å². The summed E-state index contributed by atoms with van der Waals surface area (Å²) in [7, 11) is 1.86. The molecule has 0 saturated heterocycles. The van der Waals surface area contributed by atoms with E-state index in [-0.39, 0.29) is 0 Å². The molecule has 1 aromatic rings. The van der Waals surface area contributed by atoms with Gasteiger partial charge in [-0.3, -0.25) is 4.68 Å². The van der Waals surface area contributed by atoms with Crippen LogP contribution < -0.4 is 5.32 Å². The van der Waals surface area contributed by atoms with Crippen LogP contribution in [0.3, 0.4) is 0 Å². The van der Waals surface area contributed by atoms with Crippen molar-refractivity contribution in [2.45, 2.75) is 32.4 Å². The molecule has 0 spiro atoms. The van der Waals surface area contributed by atoms with Crippen LogP contribution in [0.25, 0.3) is 0 Å². The van der Waals surface area contributed by atoms with Crippen LogP contribution in [0.1, 0.15) is 25.3 Å². The highest BCUT2D eigenvalue weighted by Gasteiger charge is 2.24. The lowest BCUT2D eigenvalue weighted by atomic mass is 9.82. The Morgan fingerprint density at radius 2 is 2.36 bits per heavy atom. The third-order valence-corrected chi connectivity index (χ3v) is 3.38. The van der Waals surface area contributed by atoms with Crippen molar-refractivity contribution in [2.75, 3.05) is 0 Å². The minimum atomic E-state index is 0.682. The molecule has 14 heavy (non-hydrogen) atoms. The quantitative estimate of drug-likeness (QED) is 0.832. The molecule has 1 fully saturated rings. The molecule has 0 unspecified atom stereocenters. The molecule has 3 nitrogen and oxygen atoms in total. The lowest BCUT2D eigenvalue weighted by Gasteiger charge is -2.33. The molecule has 1 aromatic heterocycles. The van der Waals surface area contributed by atoms with Gasteiger partial charge in [0.05, 0.1) is 6.20 Å². The van der Waals surface area contributed by atoms with Crippen molar-refractivity contribution < 1.29 is 0 Å². The van der Waals surface area contributed by atoms with Crippen LogP contribution in [0.5, 0.6) is 0 Å². The van der Waals surface area contributed by atoms with E-state index < -0.39 is 0 Å². The van der Waals surface area contributed by atoms with Gasteiger partial charge >= 0.3 is 0 Å². The molecule has 78 valence electrons. The maximum absolute atomic E-state index is 6.04. The average molecular weight is 214 g/mol. The highest BCUT2D eigenvalue weighted by molar-refractivity contribution is 6.30. The van der Waals surface area contributed by atoms with Crippen LogP contribution in [0.4, 0.5) is 0 Å². The number of hydrogen-bond donors (Lipinski definition) is 1. The van der Waals surface area contributed by atoms with Crippen molar-refractivity contribution in [1.29, 1.82) is 0 Å². The van der Waals surface area contributed by atoms with Gasteiger partial charge in [-0.2, -0.15) is 5.10 Å². The van der Waals surface area contributed by atoms with Gasteiger partial charge < -0.3 is 5.32 Å². The Kier molecular flexibility index (Phi) is 2.79. The summed E-state index contributed by atoms with van der Waals surface area (Å²) in [5, 5.41) is 8.32. The number of halogens is 1. The topological polar surface area (TPSA) is 29.9 Å². The fraction of sp³-hybridized carbons (Fsp3) is 0.700. The molecule has 0 aromatic carbocycles. The number of aryl methyl sites for hydroxylation is 1. The maximum Gasteiger partial charge on any atom is 0.131 e. The number of hydrogen-bond acceptors (Lipinski definition) is 2. The zero-order chi connectivity index (χ0) is 10.1. The smallest absolute Gasteiger partial charge is 0.131 e. The van der Waals surface area contributed by atoms with Gasteiger partial charge in [0.1, 0.15) is 5.15 Å². The highest BCUT2D eigenvalue weighted by atomic mass is 35.5. The second kappa shape index (κ2) is 3.91. The summed E-state index contributed by atoms with van der Waals surface area (Å²) in [4.78, 5) is 0. The van der Waals surface area contributed by atoms with Crippen molar-refractivity contribution in [3.05, 3.63) is 16.9 Å². The SMILES string of the molecule is CC1CC(NCc2cnn(C)c2Cl)C1. The zero-order valence-corrected chi connectivity index (χ0v) is 9.38. The Bertz CT molecular complexity index is 315. The fourth-order valence-corrected chi connectivity index (χ4v) is 2.07. The number of aromatic nitrogens is 2. The molecule has 1 saturated carbocycles. The second-order valence-electron chi connectivity index (χ2n) is 4.24. The molecule has 0 atom stereocenters. The molecule has 0 radical (unpaired) electrons. The first-order valence-corrected chi connectivity index (χ1v) is 5.44. The normalized spacial score (nSPS) is 26.2. The van der Waals surface area contributed by atoms with Crippen molar-refractivity contribution in [1.82, 2.24) is 15.1 Å². The molecule has 1 N–H and O–H groups in total. The van der Waals surface area contributed by atoms with Crippen LogP contribution >= 0.6 is 11.6 Å². The van der Waals surface area contributed by atoms with Gasteiger partial charge in [-0.05, 0) is 18.8 Å². The van der Waals surface area contributed by atoms with E-state index in [9.17, 15) is 0 Å². The second-order valence-corrected chi connectivity index (χ2v) is 4.60. The molecular weight excluding hydrogens is 198 g/mol. The third-order valence-electron chi connectivity index (χ3n) is 2.89. The van der Waals surface area contributed by atoms with Crippen molar-refractivity contribution in [2.24, 2.45) is 13.0 Å². The van der Waals surface area contributed by atoms with Gasteiger partial charge in [-0.25, -0.2) is 0 Å². The van der Waals surface area contributed by atoms with E-state index in [1.54, 1.807) is 4.68 Å². The van der Waals surface area contributed by atoms with E-state index in [4.69, 9.17) is 11.6 Å². The fourth-order valence-electron chi connectivity index (χ4n) is 1.91. The summed E-state index contributed by atoms with van der Waals surface area (Å²) in [6.07, 6.45) is 4.41. The first kappa shape index (κ1) is 9.99. The monoisotopic (exact) mass is 213 g/mol. The molecule has 0 bridgehead atoms. The van der Waals surface area contributed by atoms with Gasteiger partial charge in [-0.15, -0.1) is 0 Å². The lowest BCUT2D eigenvalue weighted by molar-refractivity contribution is 0.240. The van der Waals surface area contributed by atoms with E-state index in [0.717, 1.165) is 23.2 Å². The Morgan fingerprint density at radius 3 is 2.86 bits per heavy atom. The van der Waals surface area contributed by atoms with E-state index in [1.165, 1.54) is 12.8 Å². The van der Waals surface area contributed by atoms with E-state index >= 15 is 0 Å². The van der Waals surface area contributed by atoms with Crippen molar-refractivity contribution in [3.8, 4) is 0 Å². The summed E-state index contributed by atoms with van der Waals surface area (Å²) in [5.74, 6) is 0.886. The lowest BCUT2D eigenvalue weighted by Crippen LogP contribution is -2.39. The first-order valence-electron chi connectivity index (χ1n) is 5.06. The molecule has 0 aliphatic heterocycles. The number of nitrogens with zero attached hydrogens (tertiary/aromatic N) is 2. The van der Waals surface area contributed by atoms with E-state index in [2.05, 4.69) is 17.3 Å². The molecular formula is C10H16ClN3. The molecule has 0 amide bonds. The van der Waals surface area contributed by atoms with E-state index in [0.29, 0.717) is 6.04 Å². The third kappa shape index (κ3) is 1.93. The minimum Gasteiger partial charge on any atom is -0.310 e. The molecule has 1 aliphatic carbocycles. The Labute approximate surface area is 89.4 Å². The summed E-state index contributed by atoms with van der Waals surface area (Å²) in [6.45, 7) is 3.12. The van der Waals surface area contributed by atoms with E-state index in [1.807, 2.05) is 13.2 Å². The number of rotatable bonds is 3. The molecule has 1 heterocycles. The Morgan fingerprint density at radius 1 is 1.64 bits per heavy atom. The van der Waals surface area contributed by atoms with Crippen LogP contribution in [-0.4, -0.2) is 15.8 Å². The first-order chi connectivity index (χ1) is 6.66. The van der Waals surface area contributed by atoms with Gasteiger partial charge in [0.15, 0.2) is 0 Å². The van der Waals surface area contributed by atoms with Crippen LogP contribution in [0.2, 0.25) is 5.15 Å². The Hall–Kier alpha value is -0.540.